The van der Waals surface area contributed by atoms with E-state index in [2.05, 4.69) is 36.4 Å². The Morgan fingerprint density at radius 1 is 1.38 bits per heavy atom. The highest BCUT2D eigenvalue weighted by Gasteiger charge is 2.26. The van der Waals surface area contributed by atoms with Crippen molar-refractivity contribution in [3.05, 3.63) is 35.9 Å². The van der Waals surface area contributed by atoms with Crippen molar-refractivity contribution in [1.29, 1.82) is 0 Å². The van der Waals surface area contributed by atoms with Crippen LogP contribution in [-0.2, 0) is 4.74 Å². The molecule has 0 spiro atoms. The Morgan fingerprint density at radius 2 is 2.08 bits per heavy atom. The van der Waals surface area contributed by atoms with E-state index in [9.17, 15) is 0 Å². The minimum Gasteiger partial charge on any atom is -0.469 e. The lowest BCUT2D eigenvalue weighted by Crippen LogP contribution is -2.31. The van der Waals surface area contributed by atoms with Crippen molar-refractivity contribution < 1.29 is 6.16 Å². The van der Waals surface area contributed by atoms with Crippen molar-refractivity contribution in [2.45, 2.75) is 66.7 Å². The molecule has 0 aromatic rings. The highest BCUT2D eigenvalue weighted by molar-refractivity contribution is 5.59. The number of nitrogens with zero attached hydrogens (tertiary/aromatic N) is 1. The molecule has 0 saturated carbocycles. The Hall–Kier alpha value is -1.75. The summed E-state index contributed by atoms with van der Waals surface area (Å²) >= 11 is 0. The Balaban J connectivity index is 0. The topological polar surface area (TPSA) is 71.7 Å². The molecule has 2 heterocycles. The second kappa shape index (κ2) is 10.9. The summed E-state index contributed by atoms with van der Waals surface area (Å²) in [5.74, 6) is 2.38. The molecule has 24 heavy (non-hydrogen) atoms. The van der Waals surface area contributed by atoms with Gasteiger partial charge in [0.05, 0.1) is 6.34 Å². The third-order valence-electron chi connectivity index (χ3n) is 3.57. The fourth-order valence-electron chi connectivity index (χ4n) is 2.63. The average Bonchev–Trinajstić information content (AvgIpc) is 3.11. The lowest BCUT2D eigenvalue weighted by atomic mass is 9.99. The maximum Gasteiger partial charge on any atom is 0.213 e. The predicted molar refractivity (Wildman–Crippen MR) is 107 cm³/mol. The van der Waals surface area contributed by atoms with Gasteiger partial charge < -0.3 is 21.1 Å². The van der Waals surface area contributed by atoms with Gasteiger partial charge in [0.1, 0.15) is 11.6 Å². The van der Waals surface area contributed by atoms with E-state index in [1.54, 1.807) is 12.4 Å². The molecule has 3 aliphatic rings. The molecule has 0 aromatic carbocycles. The molecule has 5 nitrogen and oxygen atoms in total. The summed E-state index contributed by atoms with van der Waals surface area (Å²) < 4.78 is 5.53. The van der Waals surface area contributed by atoms with E-state index < -0.39 is 0 Å². The summed E-state index contributed by atoms with van der Waals surface area (Å²) in [7, 11) is 0. The van der Waals surface area contributed by atoms with Crippen LogP contribution < -0.4 is 16.4 Å². The molecule has 1 saturated heterocycles. The molecule has 140 valence electrons. The molecule has 2 atom stereocenters. The monoisotopic (exact) mass is 338 g/mol. The number of nitrogens with one attached hydrogen (secondary N) is 2. The molecular formula is C19H38N4O. The van der Waals surface area contributed by atoms with Gasteiger partial charge >= 0.3 is 0 Å². The van der Waals surface area contributed by atoms with E-state index in [1.165, 1.54) is 13.0 Å². The predicted octanol–water partition coefficient (Wildman–Crippen LogP) is 3.91. The van der Waals surface area contributed by atoms with Gasteiger partial charge in [0.25, 0.3) is 0 Å². The molecule has 0 aromatic heterocycles. The second-order valence-electron chi connectivity index (χ2n) is 6.39. The maximum atomic E-state index is 5.54. The van der Waals surface area contributed by atoms with Crippen LogP contribution in [0.5, 0.6) is 0 Å². The first-order chi connectivity index (χ1) is 10.9. The molecule has 5 heteroatoms. The van der Waals surface area contributed by atoms with Crippen LogP contribution in [0.25, 0.3) is 0 Å². The standard InChI is InChI=1S/C9H11N3O.C7H15N.C2H6.CH4.H2/c10-8-5-9(12-6-11-8)13-7-3-1-2-4-7;1-6-4-7(2,3)8-5-6;1-2;;/h1-3,5-6,9H,4,10H2,(H,11,12);6,8H,4-5H2,1-3H3;1-2H3;1H4;1H. The summed E-state index contributed by atoms with van der Waals surface area (Å²) in [5, 5.41) is 6.21. The number of ether oxygens (including phenoxy) is 1. The third kappa shape index (κ3) is 8.20. The molecule has 0 bridgehead atoms. The van der Waals surface area contributed by atoms with Gasteiger partial charge in [-0.05, 0) is 38.8 Å². The van der Waals surface area contributed by atoms with E-state index in [4.69, 9.17) is 10.5 Å². The first-order valence-electron chi connectivity index (χ1n) is 8.47. The number of nitrogens with two attached hydrogens (primary N) is 1. The van der Waals surface area contributed by atoms with Gasteiger partial charge in [-0.15, -0.1) is 0 Å². The highest BCUT2D eigenvalue weighted by atomic mass is 16.5. The van der Waals surface area contributed by atoms with Crippen molar-refractivity contribution in [3.63, 3.8) is 0 Å². The molecule has 1 fully saturated rings. The van der Waals surface area contributed by atoms with Crippen molar-refractivity contribution in [2.24, 2.45) is 16.6 Å². The van der Waals surface area contributed by atoms with Gasteiger partial charge in [-0.2, -0.15) is 0 Å². The van der Waals surface area contributed by atoms with Gasteiger partial charge in [-0.3, -0.25) is 0 Å². The molecule has 3 rings (SSSR count). The normalized spacial score (nSPS) is 25.7. The van der Waals surface area contributed by atoms with E-state index in [0.717, 1.165) is 18.1 Å². The molecule has 2 unspecified atom stereocenters. The number of rotatable bonds is 2. The van der Waals surface area contributed by atoms with Gasteiger partial charge in [0.15, 0.2) is 0 Å². The summed E-state index contributed by atoms with van der Waals surface area (Å²) in [6.07, 6.45) is 11.1. The molecule has 4 N–H and O–H groups in total. The van der Waals surface area contributed by atoms with E-state index >= 15 is 0 Å². The lowest BCUT2D eigenvalue weighted by Gasteiger charge is -2.16. The smallest absolute Gasteiger partial charge is 0.213 e. The molecule has 1 aliphatic carbocycles. The molecular weight excluding hydrogens is 300 g/mol. The van der Waals surface area contributed by atoms with Crippen molar-refractivity contribution in [2.75, 3.05) is 6.54 Å². The zero-order valence-corrected chi connectivity index (χ0v) is 15.1. The fourth-order valence-corrected chi connectivity index (χ4v) is 2.63. The van der Waals surface area contributed by atoms with Crippen molar-refractivity contribution >= 4 is 6.34 Å². The minimum absolute atomic E-state index is 0. The lowest BCUT2D eigenvalue weighted by molar-refractivity contribution is 0.157. The van der Waals surface area contributed by atoms with E-state index in [1.807, 2.05) is 32.1 Å². The second-order valence-corrected chi connectivity index (χ2v) is 6.39. The summed E-state index contributed by atoms with van der Waals surface area (Å²) in [6, 6.07) is 0. The number of allylic oxidation sites excluding steroid dienone is 3. The Bertz CT molecular complexity index is 484. The van der Waals surface area contributed by atoms with E-state index in [0.29, 0.717) is 11.4 Å². The van der Waals surface area contributed by atoms with Crippen LogP contribution in [0.2, 0.25) is 0 Å². The zero-order chi connectivity index (χ0) is 17.3. The van der Waals surface area contributed by atoms with Crippen molar-refractivity contribution in [3.8, 4) is 0 Å². The largest absolute Gasteiger partial charge is 0.469 e. The van der Waals surface area contributed by atoms with Gasteiger partial charge in [-0.25, -0.2) is 4.99 Å². The van der Waals surface area contributed by atoms with E-state index in [-0.39, 0.29) is 15.1 Å². The Kier molecular flexibility index (Phi) is 10.1. The van der Waals surface area contributed by atoms with Crippen LogP contribution >= 0.6 is 0 Å². The molecule has 0 radical (unpaired) electrons. The van der Waals surface area contributed by atoms with Crippen molar-refractivity contribution in [1.82, 2.24) is 10.6 Å². The SMILES string of the molecule is C.CC.CC1CNC(C)(C)C1.NC1=CC(OC2=CC=CC2)N=CN1.[HH]. The average molecular weight is 339 g/mol. The minimum atomic E-state index is -0.285. The van der Waals surface area contributed by atoms with Crippen LogP contribution in [-0.4, -0.2) is 24.7 Å². The van der Waals surface area contributed by atoms with Crippen LogP contribution in [0.4, 0.5) is 0 Å². The first-order valence-corrected chi connectivity index (χ1v) is 8.47. The van der Waals surface area contributed by atoms with Crippen LogP contribution in [0, 0.1) is 5.92 Å². The van der Waals surface area contributed by atoms with Crippen LogP contribution in [0.1, 0.15) is 56.3 Å². The molecule has 0 amide bonds. The number of hydrogen-bond donors (Lipinski definition) is 3. The summed E-state index contributed by atoms with van der Waals surface area (Å²) in [6.45, 7) is 12.0. The summed E-state index contributed by atoms with van der Waals surface area (Å²) in [5.41, 5.74) is 5.96. The Labute approximate surface area is 149 Å². The quantitative estimate of drug-likeness (QED) is 0.714. The summed E-state index contributed by atoms with van der Waals surface area (Å²) in [4.78, 5) is 4.06. The van der Waals surface area contributed by atoms with Gasteiger partial charge in [0, 0.05) is 19.5 Å². The molecule has 2 aliphatic heterocycles. The first kappa shape index (κ1) is 22.2. The van der Waals surface area contributed by atoms with Gasteiger partial charge in [0.2, 0.25) is 6.23 Å². The fraction of sp³-hybridized carbons (Fsp3) is 0.632. The Morgan fingerprint density at radius 3 is 2.50 bits per heavy atom. The van der Waals surface area contributed by atoms with Crippen LogP contribution in [0.15, 0.2) is 40.9 Å². The van der Waals surface area contributed by atoms with Crippen LogP contribution in [0.3, 0.4) is 0 Å². The zero-order valence-electron chi connectivity index (χ0n) is 15.1. The third-order valence-corrected chi connectivity index (χ3v) is 3.57. The highest BCUT2D eigenvalue weighted by Crippen LogP contribution is 2.21. The van der Waals surface area contributed by atoms with Gasteiger partial charge in [-0.1, -0.05) is 40.3 Å². The number of hydrogen-bond acceptors (Lipinski definition) is 5. The number of aliphatic imine (C=N–C) groups is 1. The maximum absolute atomic E-state index is 5.54.